The van der Waals surface area contributed by atoms with E-state index in [1.165, 1.54) is 15.7 Å². The van der Waals surface area contributed by atoms with Crippen LogP contribution in [0, 0.1) is 5.92 Å². The van der Waals surface area contributed by atoms with Gasteiger partial charge in [0, 0.05) is 18.1 Å². The Labute approximate surface area is 109 Å². The molecular weight excluding hydrogens is 274 g/mol. The summed E-state index contributed by atoms with van der Waals surface area (Å²) in [6, 6.07) is 0. The minimum atomic E-state index is -3.64. The lowest BCUT2D eigenvalue weighted by Crippen LogP contribution is -2.29. The summed E-state index contributed by atoms with van der Waals surface area (Å²) in [5.74, 6) is 5.69. The van der Waals surface area contributed by atoms with Crippen LogP contribution in [0.5, 0.6) is 0 Å². The maximum atomic E-state index is 12.2. The molecule has 0 amide bonds. The Morgan fingerprint density at radius 2 is 2.28 bits per heavy atom. The summed E-state index contributed by atoms with van der Waals surface area (Å²) in [7, 11) is -3.64. The molecule has 0 spiro atoms. The number of hydrogen-bond acceptors (Lipinski definition) is 6. The zero-order valence-electron chi connectivity index (χ0n) is 10.0. The van der Waals surface area contributed by atoms with Crippen LogP contribution in [0.15, 0.2) is 16.6 Å². The minimum absolute atomic E-state index is 0.0434. The molecule has 7 nitrogen and oxygen atoms in total. The molecule has 2 rings (SSSR count). The molecule has 18 heavy (non-hydrogen) atoms. The quantitative estimate of drug-likeness (QED) is 0.553. The third kappa shape index (κ3) is 2.34. The fourth-order valence-electron chi connectivity index (χ4n) is 1.46. The Morgan fingerprint density at radius 1 is 1.56 bits per heavy atom. The number of thiazole rings is 1. The van der Waals surface area contributed by atoms with E-state index in [0.717, 1.165) is 0 Å². The molecule has 0 aliphatic heterocycles. The second kappa shape index (κ2) is 4.84. The van der Waals surface area contributed by atoms with Gasteiger partial charge in [-0.2, -0.15) is 4.98 Å². The molecule has 0 bridgehead atoms. The Kier molecular flexibility index (Phi) is 3.57. The van der Waals surface area contributed by atoms with Crippen LogP contribution in [-0.2, 0) is 10.0 Å². The maximum absolute atomic E-state index is 12.2. The second-order valence-electron chi connectivity index (χ2n) is 4.21. The number of nitrogens with two attached hydrogens (primary N) is 1. The largest absolute Gasteiger partial charge is 0.306 e. The number of nitrogen functional groups attached to an aromatic ring is 1. The van der Waals surface area contributed by atoms with Gasteiger partial charge in [-0.25, -0.2) is 19.0 Å². The highest BCUT2D eigenvalue weighted by Gasteiger charge is 2.25. The van der Waals surface area contributed by atoms with Gasteiger partial charge in [0.2, 0.25) is 5.03 Å². The van der Waals surface area contributed by atoms with Crippen LogP contribution in [0.1, 0.15) is 13.8 Å². The molecule has 0 unspecified atom stereocenters. The van der Waals surface area contributed by atoms with Crippen molar-refractivity contribution in [3.05, 3.63) is 11.6 Å². The first kappa shape index (κ1) is 13.3. The first-order valence-corrected chi connectivity index (χ1v) is 7.74. The van der Waals surface area contributed by atoms with Gasteiger partial charge in [-0.05, 0) is 5.92 Å². The Hall–Kier alpha value is -1.16. The van der Waals surface area contributed by atoms with E-state index in [2.05, 4.69) is 15.1 Å². The number of fused-ring (bicyclic) bond motifs is 1. The monoisotopic (exact) mass is 289 g/mol. The highest BCUT2D eigenvalue weighted by Crippen LogP contribution is 2.24. The lowest BCUT2D eigenvalue weighted by molar-refractivity contribution is 0.556. The lowest BCUT2D eigenvalue weighted by Gasteiger charge is -2.09. The number of sulfonamides is 1. The summed E-state index contributed by atoms with van der Waals surface area (Å²) in [4.78, 5) is 4.69. The molecule has 0 saturated carbocycles. The number of aromatic nitrogens is 2. The molecule has 9 heteroatoms. The van der Waals surface area contributed by atoms with Gasteiger partial charge in [0.25, 0.3) is 10.0 Å². The number of nitrogens with zero attached hydrogens (tertiary/aromatic N) is 2. The van der Waals surface area contributed by atoms with E-state index in [4.69, 9.17) is 5.84 Å². The van der Waals surface area contributed by atoms with Gasteiger partial charge in [0.15, 0.2) is 10.8 Å². The van der Waals surface area contributed by atoms with E-state index < -0.39 is 10.0 Å². The molecule has 0 atom stereocenters. The molecule has 4 N–H and O–H groups in total. The van der Waals surface area contributed by atoms with E-state index in [0.29, 0.717) is 11.5 Å². The van der Waals surface area contributed by atoms with Crippen LogP contribution in [0.2, 0.25) is 0 Å². The molecule has 0 aliphatic rings. The van der Waals surface area contributed by atoms with Crippen molar-refractivity contribution in [1.29, 1.82) is 0 Å². The van der Waals surface area contributed by atoms with Crippen LogP contribution in [-0.4, -0.2) is 24.3 Å². The topological polar surface area (TPSA) is 102 Å². The summed E-state index contributed by atoms with van der Waals surface area (Å²) in [5, 5.41) is 1.81. The van der Waals surface area contributed by atoms with Crippen molar-refractivity contribution in [2.24, 2.45) is 11.8 Å². The summed E-state index contributed by atoms with van der Waals surface area (Å²) in [6.45, 7) is 4.23. The number of imidazole rings is 1. The van der Waals surface area contributed by atoms with Crippen LogP contribution in [0.25, 0.3) is 4.96 Å². The smallest absolute Gasteiger partial charge is 0.260 e. The molecule has 0 saturated heterocycles. The number of nitrogens with one attached hydrogen (secondary N) is 2. The van der Waals surface area contributed by atoms with Crippen molar-refractivity contribution in [1.82, 2.24) is 14.1 Å². The first-order valence-electron chi connectivity index (χ1n) is 5.37. The summed E-state index contributed by atoms with van der Waals surface area (Å²) >= 11 is 1.34. The van der Waals surface area contributed by atoms with Gasteiger partial charge in [-0.15, -0.1) is 11.3 Å². The normalized spacial score (nSPS) is 12.4. The van der Waals surface area contributed by atoms with E-state index in [1.807, 2.05) is 13.8 Å². The molecule has 2 heterocycles. The van der Waals surface area contributed by atoms with Crippen molar-refractivity contribution in [3.63, 3.8) is 0 Å². The van der Waals surface area contributed by atoms with Gasteiger partial charge in [0.1, 0.15) is 0 Å². The van der Waals surface area contributed by atoms with Crippen molar-refractivity contribution in [3.8, 4) is 0 Å². The predicted octanol–water partition coefficient (Wildman–Crippen LogP) is 0.616. The van der Waals surface area contributed by atoms with Crippen LogP contribution in [0.4, 0.5) is 5.82 Å². The third-order valence-corrected chi connectivity index (χ3v) is 4.49. The molecular formula is C9H15N5O2S2. The van der Waals surface area contributed by atoms with E-state index >= 15 is 0 Å². The maximum Gasteiger partial charge on any atom is 0.260 e. The fourth-order valence-corrected chi connectivity index (χ4v) is 3.69. The van der Waals surface area contributed by atoms with Gasteiger partial charge in [0.05, 0.1) is 0 Å². The minimum Gasteiger partial charge on any atom is -0.306 e. The molecule has 100 valence electrons. The summed E-state index contributed by atoms with van der Waals surface area (Å²) in [6.07, 6.45) is 1.65. The van der Waals surface area contributed by atoms with Gasteiger partial charge >= 0.3 is 0 Å². The standard InChI is InChI=1S/C9H15N5O2S2/c1-6(2)5-11-18(15,16)8-7(13-10)12-9-14(8)3-4-17-9/h3-4,6,11,13H,5,10H2,1-2H3. The second-order valence-corrected chi connectivity index (χ2v) is 6.77. The Balaban J connectivity index is 2.48. The van der Waals surface area contributed by atoms with Crippen molar-refractivity contribution in [2.75, 3.05) is 12.0 Å². The van der Waals surface area contributed by atoms with E-state index in [-0.39, 0.29) is 16.8 Å². The van der Waals surface area contributed by atoms with E-state index in [9.17, 15) is 8.42 Å². The van der Waals surface area contributed by atoms with Gasteiger partial charge in [-0.1, -0.05) is 13.8 Å². The Bertz CT molecular complexity index is 643. The molecule has 2 aromatic heterocycles. The third-order valence-electron chi connectivity index (χ3n) is 2.29. The number of anilines is 1. The van der Waals surface area contributed by atoms with Crippen molar-refractivity contribution < 1.29 is 8.42 Å². The van der Waals surface area contributed by atoms with Crippen LogP contribution in [0.3, 0.4) is 0 Å². The molecule has 0 aliphatic carbocycles. The predicted molar refractivity (Wildman–Crippen MR) is 70.9 cm³/mol. The Morgan fingerprint density at radius 3 is 2.89 bits per heavy atom. The number of hydrogen-bond donors (Lipinski definition) is 3. The summed E-state index contributed by atoms with van der Waals surface area (Å²) < 4.78 is 28.5. The molecule has 2 aromatic rings. The summed E-state index contributed by atoms with van der Waals surface area (Å²) in [5.41, 5.74) is 2.32. The highest BCUT2D eigenvalue weighted by molar-refractivity contribution is 7.89. The fraction of sp³-hybridized carbons (Fsp3) is 0.444. The molecule has 0 aromatic carbocycles. The zero-order chi connectivity index (χ0) is 13.3. The first-order chi connectivity index (χ1) is 8.45. The van der Waals surface area contributed by atoms with E-state index in [1.54, 1.807) is 11.6 Å². The molecule has 0 radical (unpaired) electrons. The van der Waals surface area contributed by atoms with Crippen molar-refractivity contribution >= 4 is 32.1 Å². The van der Waals surface area contributed by atoms with Crippen LogP contribution < -0.4 is 16.0 Å². The van der Waals surface area contributed by atoms with Crippen molar-refractivity contribution in [2.45, 2.75) is 18.9 Å². The lowest BCUT2D eigenvalue weighted by atomic mass is 10.2. The molecule has 0 fully saturated rings. The number of hydrazine groups is 1. The average molecular weight is 289 g/mol. The zero-order valence-corrected chi connectivity index (χ0v) is 11.7. The van der Waals surface area contributed by atoms with Gasteiger partial charge < -0.3 is 5.43 Å². The van der Waals surface area contributed by atoms with Gasteiger partial charge in [-0.3, -0.25) is 4.40 Å². The number of rotatable bonds is 5. The highest BCUT2D eigenvalue weighted by atomic mass is 32.2. The average Bonchev–Trinajstić information content (AvgIpc) is 2.84. The van der Waals surface area contributed by atoms with Crippen LogP contribution >= 0.6 is 11.3 Å². The SMILES string of the molecule is CC(C)CNS(=O)(=O)c1c(NN)nc2sccn12.